The fourth-order valence-electron chi connectivity index (χ4n) is 1.57. The molecule has 0 fully saturated rings. The lowest BCUT2D eigenvalue weighted by Gasteiger charge is -2.09. The van der Waals surface area contributed by atoms with Crippen molar-refractivity contribution in [3.05, 3.63) is 50.9 Å². The lowest BCUT2D eigenvalue weighted by molar-refractivity contribution is 0.0691. The van der Waals surface area contributed by atoms with Crippen molar-refractivity contribution >= 4 is 38.9 Å². The summed E-state index contributed by atoms with van der Waals surface area (Å²) in [5.41, 5.74) is -0.793. The Morgan fingerprint density at radius 1 is 1.43 bits per heavy atom. The van der Waals surface area contributed by atoms with Gasteiger partial charge in [0, 0.05) is 16.4 Å². The van der Waals surface area contributed by atoms with E-state index in [4.69, 9.17) is 16.7 Å². The molecule has 1 heterocycles. The van der Waals surface area contributed by atoms with E-state index in [0.29, 0.717) is 0 Å². The van der Waals surface area contributed by atoms with Crippen LogP contribution in [0.5, 0.6) is 0 Å². The molecular weight excluding hydrogens is 341 g/mol. The molecule has 1 aromatic carbocycles. The lowest BCUT2D eigenvalue weighted by Crippen LogP contribution is -2.24. The Bertz CT molecular complexity index is 775. The molecule has 0 unspecified atom stereocenters. The Labute approximate surface area is 129 Å². The zero-order chi connectivity index (χ0) is 15.6. The van der Waals surface area contributed by atoms with Gasteiger partial charge in [-0.1, -0.05) is 17.7 Å². The number of carboxylic acid groups (broad SMARTS) is 1. The van der Waals surface area contributed by atoms with Crippen LogP contribution in [-0.2, 0) is 16.6 Å². The maximum Gasteiger partial charge on any atom is 0.338 e. The number of carboxylic acids is 1. The van der Waals surface area contributed by atoms with Gasteiger partial charge in [0.25, 0.3) is 0 Å². The summed E-state index contributed by atoms with van der Waals surface area (Å²) in [4.78, 5) is 10.8. The van der Waals surface area contributed by atoms with Crippen molar-refractivity contribution in [2.24, 2.45) is 0 Å². The maximum absolute atomic E-state index is 14.0. The lowest BCUT2D eigenvalue weighted by atomic mass is 10.2. The number of rotatable bonds is 5. The summed E-state index contributed by atoms with van der Waals surface area (Å²) in [5.74, 6) is -2.93. The van der Waals surface area contributed by atoms with E-state index in [2.05, 4.69) is 4.72 Å². The molecule has 9 heteroatoms. The van der Waals surface area contributed by atoms with E-state index in [-0.39, 0.29) is 11.6 Å². The van der Waals surface area contributed by atoms with Gasteiger partial charge in [-0.15, -0.1) is 11.3 Å². The summed E-state index contributed by atoms with van der Waals surface area (Å²) in [5, 5.41) is 10.4. The Balaban J connectivity index is 2.37. The molecule has 21 heavy (non-hydrogen) atoms. The SMILES string of the molecule is O=C(O)c1cc(Cl)cc(S(=O)(=O)NCc2cccs2)c1F. The first-order chi connectivity index (χ1) is 9.81. The molecule has 0 spiro atoms. The summed E-state index contributed by atoms with van der Waals surface area (Å²) in [6.07, 6.45) is 0. The molecular formula is C12H9ClFNO4S2. The van der Waals surface area contributed by atoms with Gasteiger partial charge in [0.05, 0.1) is 5.56 Å². The van der Waals surface area contributed by atoms with Crippen molar-refractivity contribution in [3.63, 3.8) is 0 Å². The number of benzene rings is 1. The first-order valence-corrected chi connectivity index (χ1v) is 8.30. The van der Waals surface area contributed by atoms with E-state index >= 15 is 0 Å². The van der Waals surface area contributed by atoms with Crippen molar-refractivity contribution < 1.29 is 22.7 Å². The fourth-order valence-corrected chi connectivity index (χ4v) is 3.72. The summed E-state index contributed by atoms with van der Waals surface area (Å²) in [6.45, 7) is -0.0195. The minimum absolute atomic E-state index is 0.0195. The van der Waals surface area contributed by atoms with E-state index in [1.165, 1.54) is 11.3 Å². The zero-order valence-electron chi connectivity index (χ0n) is 10.3. The minimum atomic E-state index is -4.21. The minimum Gasteiger partial charge on any atom is -0.478 e. The molecule has 2 N–H and O–H groups in total. The molecule has 1 aromatic heterocycles. The standard InChI is InChI=1S/C12H9ClFNO4S2/c13-7-4-9(12(16)17)11(14)10(5-7)21(18,19)15-6-8-2-1-3-20-8/h1-5,15H,6H2,(H,16,17). The predicted octanol–water partition coefficient (Wildman–Crippen LogP) is 2.72. The van der Waals surface area contributed by atoms with Crippen LogP contribution in [0.2, 0.25) is 5.02 Å². The van der Waals surface area contributed by atoms with Crippen LogP contribution in [0.4, 0.5) is 4.39 Å². The number of carbonyl (C=O) groups is 1. The average molecular weight is 350 g/mol. The summed E-state index contributed by atoms with van der Waals surface area (Å²) < 4.78 is 40.4. The van der Waals surface area contributed by atoms with Gasteiger partial charge in [-0.2, -0.15) is 0 Å². The second-order valence-electron chi connectivity index (χ2n) is 3.97. The number of nitrogens with one attached hydrogen (secondary N) is 1. The number of hydrogen-bond acceptors (Lipinski definition) is 4. The molecule has 0 atom stereocenters. The highest BCUT2D eigenvalue weighted by molar-refractivity contribution is 7.89. The van der Waals surface area contributed by atoms with Crippen LogP contribution in [0.1, 0.15) is 15.2 Å². The third-order valence-electron chi connectivity index (χ3n) is 2.54. The van der Waals surface area contributed by atoms with Gasteiger partial charge < -0.3 is 5.11 Å². The van der Waals surface area contributed by atoms with Crippen LogP contribution >= 0.6 is 22.9 Å². The van der Waals surface area contributed by atoms with Crippen LogP contribution in [0.25, 0.3) is 0 Å². The van der Waals surface area contributed by atoms with E-state index < -0.39 is 32.3 Å². The summed E-state index contributed by atoms with van der Waals surface area (Å²) in [7, 11) is -4.21. The maximum atomic E-state index is 14.0. The molecule has 0 aliphatic heterocycles. The zero-order valence-corrected chi connectivity index (χ0v) is 12.7. The second-order valence-corrected chi connectivity index (χ2v) is 7.18. The third kappa shape index (κ3) is 3.59. The van der Waals surface area contributed by atoms with Crippen LogP contribution < -0.4 is 4.72 Å². The van der Waals surface area contributed by atoms with E-state index in [9.17, 15) is 17.6 Å². The molecule has 5 nitrogen and oxygen atoms in total. The van der Waals surface area contributed by atoms with Gasteiger partial charge in [0.2, 0.25) is 10.0 Å². The normalized spacial score (nSPS) is 11.5. The van der Waals surface area contributed by atoms with Crippen molar-refractivity contribution in [1.29, 1.82) is 0 Å². The van der Waals surface area contributed by atoms with Gasteiger partial charge in [-0.3, -0.25) is 0 Å². The van der Waals surface area contributed by atoms with Crippen LogP contribution in [0.15, 0.2) is 34.5 Å². The van der Waals surface area contributed by atoms with Gasteiger partial charge in [-0.05, 0) is 23.6 Å². The van der Waals surface area contributed by atoms with Crippen molar-refractivity contribution in [3.8, 4) is 0 Å². The largest absolute Gasteiger partial charge is 0.478 e. The van der Waals surface area contributed by atoms with E-state index in [1.807, 2.05) is 0 Å². The molecule has 0 saturated heterocycles. The van der Waals surface area contributed by atoms with Crippen molar-refractivity contribution in [2.45, 2.75) is 11.4 Å². The van der Waals surface area contributed by atoms with Gasteiger partial charge in [0.15, 0.2) is 5.82 Å². The second kappa shape index (κ2) is 6.10. The topological polar surface area (TPSA) is 83.5 Å². The molecule has 2 rings (SSSR count). The molecule has 0 aliphatic rings. The number of halogens is 2. The monoisotopic (exact) mass is 349 g/mol. The molecule has 0 amide bonds. The molecule has 2 aromatic rings. The van der Waals surface area contributed by atoms with E-state index in [0.717, 1.165) is 17.0 Å². The predicted molar refractivity (Wildman–Crippen MR) is 76.7 cm³/mol. The molecule has 0 radical (unpaired) electrons. The number of sulfonamides is 1. The van der Waals surface area contributed by atoms with Gasteiger partial charge in [-0.25, -0.2) is 22.3 Å². The quantitative estimate of drug-likeness (QED) is 0.869. The molecule has 0 saturated carbocycles. The van der Waals surface area contributed by atoms with E-state index in [1.54, 1.807) is 17.5 Å². The Hall–Kier alpha value is -1.48. The number of thiophene rings is 1. The Morgan fingerprint density at radius 3 is 2.71 bits per heavy atom. The molecule has 0 aliphatic carbocycles. The van der Waals surface area contributed by atoms with Crippen LogP contribution in [-0.4, -0.2) is 19.5 Å². The van der Waals surface area contributed by atoms with Crippen molar-refractivity contribution in [1.82, 2.24) is 4.72 Å². The fraction of sp³-hybridized carbons (Fsp3) is 0.0833. The number of aromatic carboxylic acids is 1. The highest BCUT2D eigenvalue weighted by Gasteiger charge is 2.25. The smallest absolute Gasteiger partial charge is 0.338 e. The first-order valence-electron chi connectivity index (χ1n) is 5.55. The summed E-state index contributed by atoms with van der Waals surface area (Å²) in [6, 6.07) is 5.19. The highest BCUT2D eigenvalue weighted by atomic mass is 35.5. The Morgan fingerprint density at radius 2 is 2.14 bits per heavy atom. The van der Waals surface area contributed by atoms with Crippen molar-refractivity contribution in [2.75, 3.05) is 0 Å². The first kappa shape index (κ1) is 15.9. The highest BCUT2D eigenvalue weighted by Crippen LogP contribution is 2.24. The number of hydrogen-bond donors (Lipinski definition) is 2. The van der Waals surface area contributed by atoms with Crippen LogP contribution in [0.3, 0.4) is 0 Å². The average Bonchev–Trinajstić information content (AvgIpc) is 2.91. The third-order valence-corrected chi connectivity index (χ3v) is 5.04. The van der Waals surface area contributed by atoms with Gasteiger partial charge in [0.1, 0.15) is 4.90 Å². The van der Waals surface area contributed by atoms with Crippen LogP contribution in [0, 0.1) is 5.82 Å². The Kier molecular flexibility index (Phi) is 4.62. The summed E-state index contributed by atoms with van der Waals surface area (Å²) >= 11 is 6.98. The van der Waals surface area contributed by atoms with Gasteiger partial charge >= 0.3 is 5.97 Å². The molecule has 112 valence electrons. The molecule has 0 bridgehead atoms.